The minimum Gasteiger partial charge on any atom is -0.481 e. The van der Waals surface area contributed by atoms with Gasteiger partial charge >= 0.3 is 11.9 Å². The zero-order chi connectivity index (χ0) is 15.8. The van der Waals surface area contributed by atoms with E-state index in [9.17, 15) is 14.4 Å². The molecule has 0 saturated carbocycles. The first-order valence-electron chi connectivity index (χ1n) is 6.89. The molecule has 0 aromatic rings. The molecule has 0 aliphatic carbocycles. The van der Waals surface area contributed by atoms with Crippen LogP contribution in [0.25, 0.3) is 0 Å². The minimum absolute atomic E-state index is 0.0811. The maximum atomic E-state index is 11.7. The van der Waals surface area contributed by atoms with Gasteiger partial charge in [0, 0.05) is 26.8 Å². The van der Waals surface area contributed by atoms with Crippen LogP contribution in [-0.2, 0) is 19.1 Å². The molecule has 0 aromatic carbocycles. The Balaban J connectivity index is 2.42. The molecule has 1 saturated heterocycles. The standard InChI is InChI=1S/C13H22N2O6/c1-21-6-2-4-14-11(16)8-15-5-3-9(12(17)18)10(7-15)13(19)20/h9-10H,2-8H2,1H3,(H,14,16)(H,17,18)(H,19,20). The number of rotatable bonds is 8. The number of aliphatic carboxylic acids is 2. The first-order valence-corrected chi connectivity index (χ1v) is 6.89. The molecular weight excluding hydrogens is 280 g/mol. The summed E-state index contributed by atoms with van der Waals surface area (Å²) in [5, 5.41) is 20.8. The molecule has 3 N–H and O–H groups in total. The molecule has 1 amide bonds. The van der Waals surface area contributed by atoms with Crippen molar-refractivity contribution < 1.29 is 29.3 Å². The average Bonchev–Trinajstić information content (AvgIpc) is 2.43. The van der Waals surface area contributed by atoms with Gasteiger partial charge in [0.05, 0.1) is 18.4 Å². The smallest absolute Gasteiger partial charge is 0.308 e. The lowest BCUT2D eigenvalue weighted by Gasteiger charge is -2.34. The lowest BCUT2D eigenvalue weighted by atomic mass is 9.85. The molecule has 1 rings (SSSR count). The van der Waals surface area contributed by atoms with Crippen molar-refractivity contribution >= 4 is 17.8 Å². The number of hydrogen-bond donors (Lipinski definition) is 3. The molecular formula is C13H22N2O6. The Hall–Kier alpha value is -1.67. The van der Waals surface area contributed by atoms with E-state index in [0.29, 0.717) is 26.1 Å². The summed E-state index contributed by atoms with van der Waals surface area (Å²) >= 11 is 0. The van der Waals surface area contributed by atoms with Crippen molar-refractivity contribution in [3.63, 3.8) is 0 Å². The normalized spacial score (nSPS) is 22.7. The highest BCUT2D eigenvalue weighted by molar-refractivity contribution is 5.81. The molecule has 8 heteroatoms. The van der Waals surface area contributed by atoms with E-state index in [0.717, 1.165) is 0 Å². The van der Waals surface area contributed by atoms with Crippen LogP contribution in [0.15, 0.2) is 0 Å². The first kappa shape index (κ1) is 17.4. The monoisotopic (exact) mass is 302 g/mol. The van der Waals surface area contributed by atoms with Crippen molar-refractivity contribution in [2.75, 3.05) is 39.9 Å². The Morgan fingerprint density at radius 1 is 1.24 bits per heavy atom. The van der Waals surface area contributed by atoms with E-state index in [4.69, 9.17) is 14.9 Å². The van der Waals surface area contributed by atoms with Crippen LogP contribution in [-0.4, -0.2) is 72.9 Å². The van der Waals surface area contributed by atoms with Crippen LogP contribution in [0.4, 0.5) is 0 Å². The lowest BCUT2D eigenvalue weighted by molar-refractivity contribution is -0.157. The highest BCUT2D eigenvalue weighted by atomic mass is 16.5. The largest absolute Gasteiger partial charge is 0.481 e. The SMILES string of the molecule is COCCCNC(=O)CN1CCC(C(=O)O)C(C(=O)O)C1. The molecule has 1 aliphatic heterocycles. The van der Waals surface area contributed by atoms with Crippen molar-refractivity contribution in [1.29, 1.82) is 0 Å². The summed E-state index contributed by atoms with van der Waals surface area (Å²) in [6, 6.07) is 0. The maximum Gasteiger partial charge on any atom is 0.308 e. The number of likely N-dealkylation sites (tertiary alicyclic amines) is 1. The van der Waals surface area contributed by atoms with Gasteiger partial charge in [0.1, 0.15) is 0 Å². The van der Waals surface area contributed by atoms with Crippen molar-refractivity contribution in [2.24, 2.45) is 11.8 Å². The highest BCUT2D eigenvalue weighted by Crippen LogP contribution is 2.24. The van der Waals surface area contributed by atoms with E-state index >= 15 is 0 Å². The minimum atomic E-state index is -1.13. The number of hydrogen-bond acceptors (Lipinski definition) is 5. The maximum absolute atomic E-state index is 11.7. The number of nitrogens with one attached hydrogen (secondary N) is 1. The van der Waals surface area contributed by atoms with E-state index in [-0.39, 0.29) is 25.4 Å². The summed E-state index contributed by atoms with van der Waals surface area (Å²) < 4.78 is 4.87. The van der Waals surface area contributed by atoms with Crippen LogP contribution in [0, 0.1) is 11.8 Å². The highest BCUT2D eigenvalue weighted by Gasteiger charge is 2.38. The predicted molar refractivity (Wildman–Crippen MR) is 72.8 cm³/mol. The summed E-state index contributed by atoms with van der Waals surface area (Å²) in [5.41, 5.74) is 0. The Morgan fingerprint density at radius 2 is 1.90 bits per heavy atom. The topological polar surface area (TPSA) is 116 Å². The predicted octanol–water partition coefficient (Wildman–Crippen LogP) is -0.754. The van der Waals surface area contributed by atoms with Crippen LogP contribution in [0.2, 0.25) is 0 Å². The van der Waals surface area contributed by atoms with Crippen LogP contribution >= 0.6 is 0 Å². The number of amides is 1. The van der Waals surface area contributed by atoms with Gasteiger partial charge in [-0.05, 0) is 19.4 Å². The van der Waals surface area contributed by atoms with Crippen molar-refractivity contribution in [3.05, 3.63) is 0 Å². The molecule has 21 heavy (non-hydrogen) atoms. The van der Waals surface area contributed by atoms with Crippen LogP contribution < -0.4 is 5.32 Å². The number of methoxy groups -OCH3 is 1. The summed E-state index contributed by atoms with van der Waals surface area (Å²) in [7, 11) is 1.58. The molecule has 1 aliphatic rings. The van der Waals surface area contributed by atoms with Crippen molar-refractivity contribution in [1.82, 2.24) is 10.2 Å². The van der Waals surface area contributed by atoms with Gasteiger partial charge in [-0.2, -0.15) is 0 Å². The summed E-state index contributed by atoms with van der Waals surface area (Å²) in [4.78, 5) is 35.6. The summed E-state index contributed by atoms with van der Waals surface area (Å²) in [6.07, 6.45) is 0.949. The number of piperidine rings is 1. The first-order chi connectivity index (χ1) is 9.95. The number of carboxylic acids is 2. The molecule has 120 valence electrons. The van der Waals surface area contributed by atoms with Gasteiger partial charge in [-0.15, -0.1) is 0 Å². The molecule has 8 nitrogen and oxygen atoms in total. The van der Waals surface area contributed by atoms with E-state index in [1.807, 2.05) is 0 Å². The van der Waals surface area contributed by atoms with Crippen LogP contribution in [0.3, 0.4) is 0 Å². The molecule has 0 radical (unpaired) electrons. The van der Waals surface area contributed by atoms with E-state index < -0.39 is 23.8 Å². The van der Waals surface area contributed by atoms with Gasteiger partial charge in [0.2, 0.25) is 5.91 Å². The molecule has 0 bridgehead atoms. The third-order valence-corrected chi connectivity index (χ3v) is 3.55. The van der Waals surface area contributed by atoms with Gasteiger partial charge in [0.25, 0.3) is 0 Å². The molecule has 0 aromatic heterocycles. The number of nitrogens with zero attached hydrogens (tertiary/aromatic N) is 1. The number of carbonyl (C=O) groups is 3. The van der Waals surface area contributed by atoms with E-state index in [2.05, 4.69) is 5.32 Å². The fourth-order valence-electron chi connectivity index (χ4n) is 2.41. The van der Waals surface area contributed by atoms with Gasteiger partial charge in [-0.1, -0.05) is 0 Å². The molecule has 2 atom stereocenters. The molecule has 0 spiro atoms. The van der Waals surface area contributed by atoms with Gasteiger partial charge < -0.3 is 20.3 Å². The van der Waals surface area contributed by atoms with Gasteiger partial charge in [0.15, 0.2) is 0 Å². The third kappa shape index (κ3) is 5.68. The Morgan fingerprint density at radius 3 is 2.48 bits per heavy atom. The second kappa shape index (κ2) is 8.58. The van der Waals surface area contributed by atoms with Crippen molar-refractivity contribution in [2.45, 2.75) is 12.8 Å². The van der Waals surface area contributed by atoms with Crippen molar-refractivity contribution in [3.8, 4) is 0 Å². The Bertz CT molecular complexity index is 387. The number of carbonyl (C=O) groups excluding carboxylic acids is 1. The summed E-state index contributed by atoms with van der Waals surface area (Å²) in [6.45, 7) is 1.64. The van der Waals surface area contributed by atoms with Gasteiger partial charge in [-0.25, -0.2) is 0 Å². The molecule has 1 heterocycles. The fraction of sp³-hybridized carbons (Fsp3) is 0.769. The third-order valence-electron chi connectivity index (χ3n) is 3.55. The number of carboxylic acid groups (broad SMARTS) is 2. The summed E-state index contributed by atoms with van der Waals surface area (Å²) in [5.74, 6) is -4.27. The lowest BCUT2D eigenvalue weighted by Crippen LogP contribution is -2.49. The average molecular weight is 302 g/mol. The zero-order valence-corrected chi connectivity index (χ0v) is 12.1. The van der Waals surface area contributed by atoms with Gasteiger partial charge in [-0.3, -0.25) is 19.3 Å². The van der Waals surface area contributed by atoms with Crippen LogP contribution in [0.1, 0.15) is 12.8 Å². The Kier molecular flexibility index (Phi) is 7.10. The van der Waals surface area contributed by atoms with Crippen LogP contribution in [0.5, 0.6) is 0 Å². The number of ether oxygens (including phenoxy) is 1. The Labute approximate surface area is 123 Å². The molecule has 2 unspecified atom stereocenters. The fourth-order valence-corrected chi connectivity index (χ4v) is 2.41. The van der Waals surface area contributed by atoms with E-state index in [1.54, 1.807) is 12.0 Å². The second-order valence-electron chi connectivity index (χ2n) is 5.11. The quantitative estimate of drug-likeness (QED) is 0.505. The zero-order valence-electron chi connectivity index (χ0n) is 12.1. The van der Waals surface area contributed by atoms with E-state index in [1.165, 1.54) is 0 Å². The second-order valence-corrected chi connectivity index (χ2v) is 5.11. The molecule has 1 fully saturated rings.